The molecule has 0 aromatic carbocycles. The molecule has 0 atom stereocenters. The Bertz CT molecular complexity index is 25.0. The zero-order valence-corrected chi connectivity index (χ0v) is 8.24. The summed E-state index contributed by atoms with van der Waals surface area (Å²) in [7, 11) is 0. The zero-order valence-electron chi connectivity index (χ0n) is 8.24. The van der Waals surface area contributed by atoms with E-state index < -0.39 is 0 Å². The molecule has 0 saturated carbocycles. The van der Waals surface area contributed by atoms with Crippen LogP contribution in [0, 0.1) is 0 Å². The predicted octanol–water partition coefficient (Wildman–Crippen LogP) is 5.67. The molecule has 0 spiro atoms. The van der Waals surface area contributed by atoms with Crippen LogP contribution in [0.25, 0.3) is 0 Å². The van der Waals surface area contributed by atoms with Crippen molar-refractivity contribution in [2.24, 2.45) is 0 Å². The molecule has 0 rings (SSSR count). The summed E-state index contributed by atoms with van der Waals surface area (Å²) in [6.07, 6.45) is 8.18. The van der Waals surface area contributed by atoms with Gasteiger partial charge in [0.05, 0.1) is 0 Å². The van der Waals surface area contributed by atoms with Gasteiger partial charge in [0.25, 0.3) is 0 Å². The molecule has 0 heteroatoms. The van der Waals surface area contributed by atoms with Crippen LogP contribution in [0.5, 0.6) is 0 Å². The van der Waals surface area contributed by atoms with E-state index in [2.05, 4.69) is 27.7 Å². The molecular formula is C12H32. The van der Waals surface area contributed by atoms with E-state index in [1.165, 1.54) is 38.5 Å². The molecule has 0 bridgehead atoms. The van der Waals surface area contributed by atoms with Gasteiger partial charge in [-0.15, -0.1) is 0 Å². The Morgan fingerprint density at radius 3 is 0.833 bits per heavy atom. The van der Waals surface area contributed by atoms with Crippen molar-refractivity contribution in [3.8, 4) is 0 Å². The first-order chi connectivity index (χ1) is 4.83. The lowest BCUT2D eigenvalue weighted by Gasteiger charge is -1.86. The van der Waals surface area contributed by atoms with Gasteiger partial charge in [0.2, 0.25) is 0 Å². The molecule has 0 aromatic heterocycles. The van der Waals surface area contributed by atoms with E-state index >= 15 is 0 Å². The molecule has 0 N–H and O–H groups in total. The van der Waals surface area contributed by atoms with Gasteiger partial charge in [0.1, 0.15) is 0 Å². The topological polar surface area (TPSA) is 0 Å². The largest absolute Gasteiger partial charge is 0.0776 e. The smallest absolute Gasteiger partial charge is 0.0536 e. The van der Waals surface area contributed by atoms with Crippen molar-refractivity contribution >= 4 is 0 Å². The molecule has 0 aliphatic heterocycles. The van der Waals surface area contributed by atoms with Crippen LogP contribution in [0.4, 0.5) is 0 Å². The average Bonchev–Trinajstić information content (AvgIpc) is 2.01. The number of hydrogen-bond acceptors (Lipinski definition) is 0. The minimum atomic E-state index is 0. The van der Waals surface area contributed by atoms with Crippen molar-refractivity contribution in [1.82, 2.24) is 0 Å². The van der Waals surface area contributed by atoms with Crippen molar-refractivity contribution in [2.45, 2.75) is 81.1 Å². The standard InChI is InChI=1S/C6H14.C4H10.2CH4/c1-3-5-6-4-2;1-3-4-2;;/h3-6H2,1-2H3;3-4H2,1-2H3;2*1H4. The number of rotatable bonds is 4. The Balaban J connectivity index is -0.0000000483. The monoisotopic (exact) mass is 176 g/mol. The van der Waals surface area contributed by atoms with Crippen LogP contribution in [0.2, 0.25) is 0 Å². The van der Waals surface area contributed by atoms with E-state index in [1.54, 1.807) is 0 Å². The Morgan fingerprint density at radius 1 is 0.500 bits per heavy atom. The Labute approximate surface area is 81.8 Å². The van der Waals surface area contributed by atoms with Crippen LogP contribution in [0.1, 0.15) is 81.1 Å². The normalized spacial score (nSPS) is 7.00. The van der Waals surface area contributed by atoms with Gasteiger partial charge in [-0.1, -0.05) is 81.1 Å². The van der Waals surface area contributed by atoms with E-state index in [-0.39, 0.29) is 14.9 Å². The first-order valence-electron chi connectivity index (χ1n) is 4.83. The maximum Gasteiger partial charge on any atom is -0.0536 e. The molecule has 0 fully saturated rings. The number of unbranched alkanes of at least 4 members (excludes halogenated alkanes) is 4. The molecule has 0 saturated heterocycles. The molecule has 80 valence electrons. The van der Waals surface area contributed by atoms with Crippen LogP contribution in [0.3, 0.4) is 0 Å². The van der Waals surface area contributed by atoms with Crippen LogP contribution in [-0.4, -0.2) is 0 Å². The van der Waals surface area contributed by atoms with Gasteiger partial charge in [-0.3, -0.25) is 0 Å². The molecule has 0 aliphatic carbocycles. The fraction of sp³-hybridized carbons (Fsp3) is 1.00. The van der Waals surface area contributed by atoms with E-state index in [4.69, 9.17) is 0 Å². The maximum atomic E-state index is 2.23. The van der Waals surface area contributed by atoms with E-state index in [0.29, 0.717) is 0 Å². The molecule has 12 heavy (non-hydrogen) atoms. The van der Waals surface area contributed by atoms with Crippen LogP contribution in [0.15, 0.2) is 0 Å². The number of hydrogen-bond donors (Lipinski definition) is 0. The van der Waals surface area contributed by atoms with Crippen LogP contribution < -0.4 is 0 Å². The van der Waals surface area contributed by atoms with Crippen LogP contribution >= 0.6 is 0 Å². The van der Waals surface area contributed by atoms with Gasteiger partial charge in [-0.2, -0.15) is 0 Å². The van der Waals surface area contributed by atoms with Gasteiger partial charge in [-0.05, 0) is 0 Å². The Morgan fingerprint density at radius 2 is 0.750 bits per heavy atom. The van der Waals surface area contributed by atoms with Gasteiger partial charge in [0.15, 0.2) is 0 Å². The van der Waals surface area contributed by atoms with E-state index in [0.717, 1.165) is 0 Å². The molecule has 0 aromatic rings. The quantitative estimate of drug-likeness (QED) is 0.484. The SMILES string of the molecule is C.C.CCCC.CCCCCC. The summed E-state index contributed by atoms with van der Waals surface area (Å²) in [4.78, 5) is 0. The van der Waals surface area contributed by atoms with Crippen molar-refractivity contribution < 1.29 is 0 Å². The summed E-state index contributed by atoms with van der Waals surface area (Å²) >= 11 is 0. The first kappa shape index (κ1) is 22.7. The minimum absolute atomic E-state index is 0. The highest BCUT2D eigenvalue weighted by Crippen LogP contribution is 1.95. The van der Waals surface area contributed by atoms with Crippen LogP contribution in [-0.2, 0) is 0 Å². The fourth-order valence-electron chi connectivity index (χ4n) is 0.500. The maximum absolute atomic E-state index is 2.23. The predicted molar refractivity (Wildman–Crippen MR) is 63.9 cm³/mol. The van der Waals surface area contributed by atoms with Crippen molar-refractivity contribution in [3.05, 3.63) is 0 Å². The lowest BCUT2D eigenvalue weighted by molar-refractivity contribution is 0.702. The van der Waals surface area contributed by atoms with E-state index in [9.17, 15) is 0 Å². The second kappa shape index (κ2) is 30.6. The summed E-state index contributed by atoms with van der Waals surface area (Å²) < 4.78 is 0. The fourth-order valence-corrected chi connectivity index (χ4v) is 0.500. The van der Waals surface area contributed by atoms with Gasteiger partial charge in [-0.25, -0.2) is 0 Å². The molecule has 0 aliphatic rings. The Kier molecular flexibility index (Phi) is 57.8. The molecule has 0 heterocycles. The Hall–Kier alpha value is 0. The molecule has 0 radical (unpaired) electrons. The lowest BCUT2D eigenvalue weighted by atomic mass is 10.2. The van der Waals surface area contributed by atoms with E-state index in [1.807, 2.05) is 0 Å². The van der Waals surface area contributed by atoms with Gasteiger partial charge < -0.3 is 0 Å². The van der Waals surface area contributed by atoms with Crippen molar-refractivity contribution in [3.63, 3.8) is 0 Å². The third-order valence-electron chi connectivity index (χ3n) is 1.46. The minimum Gasteiger partial charge on any atom is -0.0776 e. The highest BCUT2D eigenvalue weighted by molar-refractivity contribution is 4.31. The lowest BCUT2D eigenvalue weighted by Crippen LogP contribution is -1.66. The summed E-state index contributed by atoms with van der Waals surface area (Å²) in [5.41, 5.74) is 0. The van der Waals surface area contributed by atoms with Crippen molar-refractivity contribution in [1.29, 1.82) is 0 Å². The second-order valence-electron chi connectivity index (χ2n) is 2.71. The molecule has 0 amide bonds. The summed E-state index contributed by atoms with van der Waals surface area (Å²) in [5, 5.41) is 0. The summed E-state index contributed by atoms with van der Waals surface area (Å²) in [5.74, 6) is 0. The second-order valence-corrected chi connectivity index (χ2v) is 2.71. The van der Waals surface area contributed by atoms with Gasteiger partial charge >= 0.3 is 0 Å². The van der Waals surface area contributed by atoms with Crippen molar-refractivity contribution in [2.75, 3.05) is 0 Å². The summed E-state index contributed by atoms with van der Waals surface area (Å²) in [6, 6.07) is 0. The molecule has 0 unspecified atom stereocenters. The highest BCUT2D eigenvalue weighted by Gasteiger charge is 1.75. The third kappa shape index (κ3) is 50.6. The zero-order chi connectivity index (χ0) is 8.24. The van der Waals surface area contributed by atoms with Gasteiger partial charge in [0, 0.05) is 0 Å². The molecular weight excluding hydrogens is 144 g/mol. The highest BCUT2D eigenvalue weighted by atomic mass is 13.8. The first-order valence-corrected chi connectivity index (χ1v) is 4.83. The molecule has 0 nitrogen and oxygen atoms in total. The summed E-state index contributed by atoms with van der Waals surface area (Å²) in [6.45, 7) is 8.82. The third-order valence-corrected chi connectivity index (χ3v) is 1.46. The average molecular weight is 176 g/mol.